The number of amides is 1. The van der Waals surface area contributed by atoms with E-state index in [-0.39, 0.29) is 17.9 Å². The van der Waals surface area contributed by atoms with E-state index in [1.165, 1.54) is 23.5 Å². The molecule has 0 spiro atoms. The molecule has 0 saturated heterocycles. The summed E-state index contributed by atoms with van der Waals surface area (Å²) in [6, 6.07) is 9.44. The van der Waals surface area contributed by atoms with Gasteiger partial charge in [0, 0.05) is 24.0 Å². The molecule has 0 aliphatic carbocycles. The van der Waals surface area contributed by atoms with Gasteiger partial charge in [-0.05, 0) is 43.2 Å². The number of aryl methyl sites for hydroxylation is 2. The predicted octanol–water partition coefficient (Wildman–Crippen LogP) is 4.85. The van der Waals surface area contributed by atoms with Crippen molar-refractivity contribution in [3.05, 3.63) is 70.4 Å². The average molecular weight is 410 g/mol. The van der Waals surface area contributed by atoms with Gasteiger partial charge in [0.1, 0.15) is 17.5 Å². The molecule has 1 amide bonds. The fraction of sp³-hybridized carbons (Fsp3) is 0.190. The van der Waals surface area contributed by atoms with Crippen LogP contribution in [0.3, 0.4) is 0 Å². The van der Waals surface area contributed by atoms with E-state index < -0.39 is 17.6 Å². The lowest BCUT2D eigenvalue weighted by Crippen LogP contribution is -2.25. The summed E-state index contributed by atoms with van der Waals surface area (Å²) in [5.74, 6) is -1.61. The number of halogens is 2. The molecule has 0 saturated carbocycles. The summed E-state index contributed by atoms with van der Waals surface area (Å²) >= 11 is 1.47. The number of thiazole rings is 1. The number of benzene rings is 2. The van der Waals surface area contributed by atoms with Crippen molar-refractivity contribution in [1.82, 2.24) is 14.8 Å². The Kier molecular flexibility index (Phi) is 3.99. The molecule has 2 aromatic heterocycles. The van der Waals surface area contributed by atoms with Gasteiger partial charge in [-0.25, -0.2) is 13.8 Å². The van der Waals surface area contributed by atoms with Crippen LogP contribution in [0, 0.1) is 25.5 Å². The highest BCUT2D eigenvalue weighted by atomic mass is 32.1. The second kappa shape index (κ2) is 6.45. The quantitative estimate of drug-likeness (QED) is 0.514. The normalized spacial score (nSPS) is 16.1. The van der Waals surface area contributed by atoms with Crippen LogP contribution in [0.1, 0.15) is 34.7 Å². The van der Waals surface area contributed by atoms with E-state index in [2.05, 4.69) is 21.5 Å². The highest BCUT2D eigenvalue weighted by Gasteiger charge is 2.34. The smallest absolute Gasteiger partial charge is 0.226 e. The SMILES string of the molecule is Cc1ccc2nc(-n3nc(C)c4c3NC(=O)CC4c3ccc(F)cc3F)sc2c1. The van der Waals surface area contributed by atoms with Gasteiger partial charge in [0.2, 0.25) is 11.0 Å². The predicted molar refractivity (Wildman–Crippen MR) is 108 cm³/mol. The molecule has 1 aliphatic heterocycles. The maximum Gasteiger partial charge on any atom is 0.226 e. The van der Waals surface area contributed by atoms with Crippen molar-refractivity contribution < 1.29 is 13.6 Å². The van der Waals surface area contributed by atoms with Crippen LogP contribution in [0.4, 0.5) is 14.6 Å². The summed E-state index contributed by atoms with van der Waals surface area (Å²) in [5.41, 5.74) is 3.66. The fourth-order valence-electron chi connectivity index (χ4n) is 3.85. The Bertz CT molecular complexity index is 1290. The van der Waals surface area contributed by atoms with Crippen molar-refractivity contribution in [2.75, 3.05) is 5.32 Å². The van der Waals surface area contributed by atoms with Crippen molar-refractivity contribution in [3.8, 4) is 5.13 Å². The lowest BCUT2D eigenvalue weighted by Gasteiger charge is -2.24. The number of hydrogen-bond donors (Lipinski definition) is 1. The number of anilines is 1. The molecule has 4 aromatic rings. The van der Waals surface area contributed by atoms with Gasteiger partial charge in [0.05, 0.1) is 15.9 Å². The minimum absolute atomic E-state index is 0.0706. The summed E-state index contributed by atoms with van der Waals surface area (Å²) in [4.78, 5) is 17.1. The Morgan fingerprint density at radius 3 is 2.79 bits per heavy atom. The zero-order valence-corrected chi connectivity index (χ0v) is 16.5. The van der Waals surface area contributed by atoms with Crippen LogP contribution in [0.2, 0.25) is 0 Å². The molecule has 1 N–H and O–H groups in total. The largest absolute Gasteiger partial charge is 0.310 e. The van der Waals surface area contributed by atoms with Crippen LogP contribution in [0.25, 0.3) is 15.3 Å². The van der Waals surface area contributed by atoms with Gasteiger partial charge in [0.25, 0.3) is 0 Å². The van der Waals surface area contributed by atoms with Gasteiger partial charge in [-0.3, -0.25) is 4.79 Å². The summed E-state index contributed by atoms with van der Waals surface area (Å²) in [6.07, 6.45) is 0.0706. The van der Waals surface area contributed by atoms with Crippen LogP contribution in [-0.2, 0) is 4.79 Å². The van der Waals surface area contributed by atoms with E-state index in [9.17, 15) is 13.6 Å². The lowest BCUT2D eigenvalue weighted by molar-refractivity contribution is -0.116. The molecule has 3 heterocycles. The van der Waals surface area contributed by atoms with Gasteiger partial charge < -0.3 is 5.32 Å². The van der Waals surface area contributed by atoms with Crippen molar-refractivity contribution in [2.45, 2.75) is 26.2 Å². The maximum absolute atomic E-state index is 14.5. The molecule has 8 heteroatoms. The van der Waals surface area contributed by atoms with Crippen LogP contribution in [-0.4, -0.2) is 20.7 Å². The molecule has 0 bridgehead atoms. The standard InChI is InChI=1S/C21H16F2N4OS/c1-10-3-6-16-17(7-10)29-21(24-16)27-20-19(11(2)26-27)14(9-18(28)25-20)13-5-4-12(22)8-15(13)23/h3-8,14H,9H2,1-2H3,(H,25,28). The molecule has 29 heavy (non-hydrogen) atoms. The monoisotopic (exact) mass is 410 g/mol. The first-order valence-electron chi connectivity index (χ1n) is 9.12. The molecule has 5 rings (SSSR count). The molecule has 5 nitrogen and oxygen atoms in total. The van der Waals surface area contributed by atoms with Crippen molar-refractivity contribution in [3.63, 3.8) is 0 Å². The lowest BCUT2D eigenvalue weighted by atomic mass is 9.85. The molecule has 1 aliphatic rings. The summed E-state index contributed by atoms with van der Waals surface area (Å²) in [6.45, 7) is 3.83. The van der Waals surface area contributed by atoms with E-state index >= 15 is 0 Å². The van der Waals surface area contributed by atoms with Crippen molar-refractivity contribution in [2.24, 2.45) is 0 Å². The first kappa shape index (κ1) is 17.9. The van der Waals surface area contributed by atoms with E-state index in [4.69, 9.17) is 0 Å². The summed E-state index contributed by atoms with van der Waals surface area (Å²) in [7, 11) is 0. The number of nitrogens with one attached hydrogen (secondary N) is 1. The molecule has 1 atom stereocenters. The Balaban J connectivity index is 1.68. The third-order valence-corrected chi connectivity index (χ3v) is 6.15. The number of carbonyl (C=O) groups is 1. The number of carbonyl (C=O) groups excluding carboxylic acids is 1. The third kappa shape index (κ3) is 2.91. The fourth-order valence-corrected chi connectivity index (χ4v) is 4.87. The van der Waals surface area contributed by atoms with Crippen LogP contribution in [0.15, 0.2) is 36.4 Å². The Labute approximate surface area is 169 Å². The molecule has 146 valence electrons. The minimum atomic E-state index is -0.668. The second-order valence-electron chi connectivity index (χ2n) is 7.20. The zero-order chi connectivity index (χ0) is 20.3. The van der Waals surface area contributed by atoms with Gasteiger partial charge in [-0.2, -0.15) is 9.78 Å². The first-order chi connectivity index (χ1) is 13.9. The third-order valence-electron chi connectivity index (χ3n) is 5.15. The van der Waals surface area contributed by atoms with E-state index in [1.807, 2.05) is 26.0 Å². The Hall–Kier alpha value is -3.13. The second-order valence-corrected chi connectivity index (χ2v) is 8.21. The molecular weight excluding hydrogens is 394 g/mol. The number of fused-ring (bicyclic) bond motifs is 2. The Morgan fingerprint density at radius 2 is 2.00 bits per heavy atom. The molecule has 1 unspecified atom stereocenters. The van der Waals surface area contributed by atoms with E-state index in [0.717, 1.165) is 27.4 Å². The highest BCUT2D eigenvalue weighted by Crippen LogP contribution is 2.41. The highest BCUT2D eigenvalue weighted by molar-refractivity contribution is 7.20. The molecule has 0 fully saturated rings. The van der Waals surface area contributed by atoms with Gasteiger partial charge >= 0.3 is 0 Å². The number of aromatic nitrogens is 3. The minimum Gasteiger partial charge on any atom is -0.310 e. The van der Waals surface area contributed by atoms with Crippen molar-refractivity contribution >= 4 is 33.3 Å². The summed E-state index contributed by atoms with van der Waals surface area (Å²) in [5, 5.41) is 8.08. The number of hydrogen-bond acceptors (Lipinski definition) is 4. The molecule has 2 aromatic carbocycles. The van der Waals surface area contributed by atoms with E-state index in [0.29, 0.717) is 16.6 Å². The van der Waals surface area contributed by atoms with Crippen LogP contribution in [0.5, 0.6) is 0 Å². The number of nitrogens with zero attached hydrogens (tertiary/aromatic N) is 3. The van der Waals surface area contributed by atoms with E-state index in [1.54, 1.807) is 4.68 Å². The zero-order valence-electron chi connectivity index (χ0n) is 15.7. The van der Waals surface area contributed by atoms with Crippen molar-refractivity contribution in [1.29, 1.82) is 0 Å². The maximum atomic E-state index is 14.5. The van der Waals surface area contributed by atoms with Crippen LogP contribution >= 0.6 is 11.3 Å². The Morgan fingerprint density at radius 1 is 1.17 bits per heavy atom. The average Bonchev–Trinajstić information content (AvgIpc) is 3.21. The summed E-state index contributed by atoms with van der Waals surface area (Å²) < 4.78 is 30.5. The molecule has 0 radical (unpaired) electrons. The van der Waals surface area contributed by atoms with Crippen LogP contribution < -0.4 is 5.32 Å². The van der Waals surface area contributed by atoms with Gasteiger partial charge in [0.15, 0.2) is 0 Å². The number of rotatable bonds is 2. The van der Waals surface area contributed by atoms with Gasteiger partial charge in [-0.1, -0.05) is 23.5 Å². The first-order valence-corrected chi connectivity index (χ1v) is 9.94. The molecular formula is C21H16F2N4OS. The van der Waals surface area contributed by atoms with Gasteiger partial charge in [-0.15, -0.1) is 0 Å². The topological polar surface area (TPSA) is 59.8 Å².